The fourth-order valence-electron chi connectivity index (χ4n) is 1.81. The van der Waals surface area contributed by atoms with Crippen LogP contribution in [-0.2, 0) is 10.1 Å². The normalized spacial score (nSPS) is 11.2. The molecule has 0 bridgehead atoms. The first kappa shape index (κ1) is 18.6. The lowest BCUT2D eigenvalue weighted by molar-refractivity contribution is 0.0716. The van der Waals surface area contributed by atoms with E-state index >= 15 is 0 Å². The van der Waals surface area contributed by atoms with Crippen molar-refractivity contribution in [1.82, 2.24) is 0 Å². The Hall–Kier alpha value is -2.72. The van der Waals surface area contributed by atoms with Crippen LogP contribution in [0.4, 0.5) is 17.6 Å². The first-order chi connectivity index (χ1) is 11.6. The van der Waals surface area contributed by atoms with Crippen LogP contribution in [0.3, 0.4) is 0 Å². The zero-order valence-electron chi connectivity index (χ0n) is 12.1. The van der Waals surface area contributed by atoms with Crippen LogP contribution in [0.15, 0.2) is 35.7 Å². The van der Waals surface area contributed by atoms with Gasteiger partial charge in [0.25, 0.3) is 0 Å². The van der Waals surface area contributed by atoms with Crippen LogP contribution in [0.2, 0.25) is 0 Å². The number of hydrogen-bond donors (Lipinski definition) is 0. The fourth-order valence-corrected chi connectivity index (χ4v) is 2.43. The first-order valence-electron chi connectivity index (χ1n) is 6.34. The second kappa shape index (κ2) is 6.65. The van der Waals surface area contributed by atoms with Crippen molar-refractivity contribution in [2.75, 3.05) is 0 Å². The number of halogens is 4. The minimum absolute atomic E-state index is 0.235. The molecule has 132 valence electrons. The fraction of sp³-hybridized carbons (Fsp3) is 0. The van der Waals surface area contributed by atoms with Gasteiger partial charge in [-0.2, -0.15) is 4.39 Å². The molecule has 0 heterocycles. The van der Waals surface area contributed by atoms with Crippen molar-refractivity contribution in [1.29, 1.82) is 0 Å². The molecule has 0 aromatic heterocycles. The summed E-state index contributed by atoms with van der Waals surface area (Å²) in [6.45, 7) is 3.47. The van der Waals surface area contributed by atoms with Crippen LogP contribution in [0.25, 0.3) is 6.08 Å². The van der Waals surface area contributed by atoms with Gasteiger partial charge in [-0.3, -0.25) is 0 Å². The Labute approximate surface area is 138 Å². The first-order valence-corrected chi connectivity index (χ1v) is 7.75. The maximum atomic E-state index is 13.9. The van der Waals surface area contributed by atoms with Crippen LogP contribution in [0, 0.1) is 23.3 Å². The average molecular weight is 375 g/mol. The van der Waals surface area contributed by atoms with E-state index in [1.54, 1.807) is 0 Å². The quantitative estimate of drug-likeness (QED) is 0.205. The highest BCUT2D eigenvalue weighted by molar-refractivity contribution is 7.85. The Kier molecular flexibility index (Phi) is 4.95. The van der Waals surface area contributed by atoms with Gasteiger partial charge >= 0.3 is 5.97 Å². The van der Waals surface area contributed by atoms with Crippen molar-refractivity contribution in [3.63, 3.8) is 0 Å². The maximum Gasteiger partial charge on any atom is 0.343 e. The minimum Gasteiger partial charge on any atom is -0.744 e. The predicted molar refractivity (Wildman–Crippen MR) is 75.7 cm³/mol. The molecule has 0 aliphatic rings. The van der Waals surface area contributed by atoms with E-state index in [4.69, 9.17) is 0 Å². The van der Waals surface area contributed by atoms with Crippen LogP contribution < -0.4 is 4.74 Å². The van der Waals surface area contributed by atoms with Crippen molar-refractivity contribution < 1.29 is 40.1 Å². The Morgan fingerprint density at radius 2 is 1.56 bits per heavy atom. The van der Waals surface area contributed by atoms with E-state index in [-0.39, 0.29) is 5.56 Å². The molecule has 2 aromatic carbocycles. The van der Waals surface area contributed by atoms with Gasteiger partial charge in [0.05, 0.1) is 5.56 Å². The van der Waals surface area contributed by atoms with Gasteiger partial charge in [0.1, 0.15) is 15.0 Å². The summed E-state index contributed by atoms with van der Waals surface area (Å²) in [5.41, 5.74) is 0.363. The van der Waals surface area contributed by atoms with Gasteiger partial charge < -0.3 is 9.29 Å². The molecule has 0 saturated carbocycles. The summed E-state index contributed by atoms with van der Waals surface area (Å²) in [4.78, 5) is 9.57. The number of ether oxygens (including phenoxy) is 1. The molecule has 0 saturated heterocycles. The van der Waals surface area contributed by atoms with E-state index in [0.717, 1.165) is 0 Å². The average Bonchev–Trinajstić information content (AvgIpc) is 2.55. The van der Waals surface area contributed by atoms with Crippen molar-refractivity contribution >= 4 is 22.2 Å². The third-order valence-electron chi connectivity index (χ3n) is 3.01. The van der Waals surface area contributed by atoms with Gasteiger partial charge in [-0.1, -0.05) is 24.8 Å². The lowest BCUT2D eigenvalue weighted by atomic mass is 10.1. The van der Waals surface area contributed by atoms with Crippen molar-refractivity contribution in [2.45, 2.75) is 4.90 Å². The minimum atomic E-state index is -5.84. The Bertz CT molecular complexity index is 969. The Morgan fingerprint density at radius 1 is 1.00 bits per heavy atom. The molecule has 0 radical (unpaired) electrons. The molecule has 2 aromatic rings. The highest BCUT2D eigenvalue weighted by Crippen LogP contribution is 2.33. The van der Waals surface area contributed by atoms with E-state index in [1.807, 2.05) is 0 Å². The molecule has 10 heteroatoms. The maximum absolute atomic E-state index is 13.9. The zero-order chi connectivity index (χ0) is 18.9. The zero-order valence-corrected chi connectivity index (χ0v) is 12.9. The monoisotopic (exact) mass is 375 g/mol. The summed E-state index contributed by atoms with van der Waals surface area (Å²) < 4.78 is 91.2. The van der Waals surface area contributed by atoms with Gasteiger partial charge in [-0.05, 0) is 17.7 Å². The van der Waals surface area contributed by atoms with E-state index < -0.39 is 50.0 Å². The van der Waals surface area contributed by atoms with E-state index in [2.05, 4.69) is 11.3 Å². The lowest BCUT2D eigenvalue weighted by Gasteiger charge is -2.14. The summed E-state index contributed by atoms with van der Waals surface area (Å²) >= 11 is 0. The molecular formula is C15H7F4O5S-. The van der Waals surface area contributed by atoms with E-state index in [1.165, 1.54) is 30.3 Å². The summed E-state index contributed by atoms with van der Waals surface area (Å²) in [5.74, 6) is -12.9. The second-order valence-corrected chi connectivity index (χ2v) is 5.90. The number of hydrogen-bond acceptors (Lipinski definition) is 5. The number of benzene rings is 2. The van der Waals surface area contributed by atoms with Crippen LogP contribution in [-0.4, -0.2) is 18.9 Å². The van der Waals surface area contributed by atoms with Crippen LogP contribution in [0.1, 0.15) is 15.9 Å². The SMILES string of the molecule is C=Cc1ccc(C(=O)Oc2c(F)c(F)c(F)c(S(=O)(=O)[O-])c2F)cc1. The summed E-state index contributed by atoms with van der Waals surface area (Å²) in [6, 6.07) is 5.16. The molecule has 0 atom stereocenters. The summed E-state index contributed by atoms with van der Waals surface area (Å²) in [6.07, 6.45) is 1.44. The molecule has 25 heavy (non-hydrogen) atoms. The topological polar surface area (TPSA) is 83.5 Å². The molecule has 0 aliphatic carbocycles. The third kappa shape index (κ3) is 3.54. The molecule has 5 nitrogen and oxygen atoms in total. The molecule has 0 aliphatic heterocycles. The van der Waals surface area contributed by atoms with Crippen LogP contribution in [0.5, 0.6) is 5.75 Å². The van der Waals surface area contributed by atoms with Crippen molar-refractivity contribution in [3.05, 3.63) is 65.2 Å². The van der Waals surface area contributed by atoms with Gasteiger partial charge in [-0.25, -0.2) is 26.4 Å². The number of rotatable bonds is 4. The molecule has 0 N–H and O–H groups in total. The number of carbonyl (C=O) groups is 1. The van der Waals surface area contributed by atoms with Crippen LogP contribution >= 0.6 is 0 Å². The van der Waals surface area contributed by atoms with Gasteiger partial charge in [-0.15, -0.1) is 0 Å². The van der Waals surface area contributed by atoms with Gasteiger partial charge in [0.2, 0.25) is 11.6 Å². The smallest absolute Gasteiger partial charge is 0.343 e. The molecule has 2 rings (SSSR count). The van der Waals surface area contributed by atoms with Gasteiger partial charge in [0.15, 0.2) is 17.5 Å². The third-order valence-corrected chi connectivity index (χ3v) is 3.87. The Morgan fingerprint density at radius 3 is 2.04 bits per heavy atom. The summed E-state index contributed by atoms with van der Waals surface area (Å²) in [7, 11) is -5.84. The molecule has 0 spiro atoms. The number of carbonyl (C=O) groups excluding carboxylic acids is 1. The van der Waals surface area contributed by atoms with Crippen molar-refractivity contribution in [2.24, 2.45) is 0 Å². The largest absolute Gasteiger partial charge is 0.744 e. The standard InChI is InChI=1S/C15H8F4O5S/c1-2-7-3-5-8(6-4-7)15(20)24-13-10(17)9(16)11(18)14(12(13)19)25(21,22)23/h2-6H,1H2,(H,21,22,23)/p-1. The highest BCUT2D eigenvalue weighted by atomic mass is 32.2. The second-order valence-electron chi connectivity index (χ2n) is 4.58. The Balaban J connectivity index is 2.53. The van der Waals surface area contributed by atoms with E-state index in [9.17, 15) is 35.3 Å². The predicted octanol–water partition coefficient (Wildman–Crippen LogP) is 3.01. The molecule has 0 unspecified atom stereocenters. The molecular weight excluding hydrogens is 368 g/mol. The molecule has 0 amide bonds. The van der Waals surface area contributed by atoms with E-state index in [0.29, 0.717) is 5.56 Å². The number of esters is 1. The lowest BCUT2D eigenvalue weighted by Crippen LogP contribution is -2.16. The van der Waals surface area contributed by atoms with Gasteiger partial charge in [0, 0.05) is 0 Å². The summed E-state index contributed by atoms with van der Waals surface area (Å²) in [5, 5.41) is 0. The highest BCUT2D eigenvalue weighted by Gasteiger charge is 2.31. The van der Waals surface area contributed by atoms with Crippen molar-refractivity contribution in [3.8, 4) is 5.75 Å². The molecule has 0 fully saturated rings.